The van der Waals surface area contributed by atoms with E-state index >= 15 is 0 Å². The molecule has 0 saturated heterocycles. The molecule has 96 valence electrons. The number of hydrogen-bond acceptors (Lipinski definition) is 3. The van der Waals surface area contributed by atoms with Crippen LogP contribution < -0.4 is 0 Å². The number of benzene rings is 1. The van der Waals surface area contributed by atoms with Crippen LogP contribution in [0.25, 0.3) is 0 Å². The minimum absolute atomic E-state index is 0.275. The molecule has 17 heavy (non-hydrogen) atoms. The average molecular weight is 237 g/mol. The minimum atomic E-state index is 0.275. The summed E-state index contributed by atoms with van der Waals surface area (Å²) in [5, 5.41) is 9.52. The van der Waals surface area contributed by atoms with Crippen molar-refractivity contribution in [2.24, 2.45) is 0 Å². The summed E-state index contributed by atoms with van der Waals surface area (Å²) in [4.78, 5) is 2.36. The second kappa shape index (κ2) is 6.62. The van der Waals surface area contributed by atoms with E-state index in [1.807, 2.05) is 18.2 Å². The van der Waals surface area contributed by atoms with Crippen molar-refractivity contribution in [1.29, 1.82) is 0 Å². The van der Waals surface area contributed by atoms with Gasteiger partial charge in [-0.1, -0.05) is 19.1 Å². The average Bonchev–Trinajstić information content (AvgIpc) is 2.30. The van der Waals surface area contributed by atoms with Gasteiger partial charge in [0.15, 0.2) is 0 Å². The maximum atomic E-state index is 9.52. The van der Waals surface area contributed by atoms with Crippen LogP contribution in [0, 0.1) is 0 Å². The van der Waals surface area contributed by atoms with Crippen molar-refractivity contribution in [2.45, 2.75) is 32.9 Å². The van der Waals surface area contributed by atoms with Crippen LogP contribution in [0.1, 0.15) is 32.4 Å². The lowest BCUT2D eigenvalue weighted by Crippen LogP contribution is -2.38. The number of ether oxygens (including phenoxy) is 1. The SMILES string of the molecule is CCN(C(C)COC)C(C)c1cccc(O)c1. The van der Waals surface area contributed by atoms with E-state index in [2.05, 4.69) is 25.7 Å². The third-order valence-electron chi connectivity index (χ3n) is 3.19. The van der Waals surface area contributed by atoms with Gasteiger partial charge in [0.2, 0.25) is 0 Å². The number of rotatable bonds is 6. The van der Waals surface area contributed by atoms with Gasteiger partial charge in [-0.05, 0) is 38.1 Å². The fraction of sp³-hybridized carbons (Fsp3) is 0.571. The zero-order chi connectivity index (χ0) is 12.8. The van der Waals surface area contributed by atoms with E-state index in [4.69, 9.17) is 4.74 Å². The van der Waals surface area contributed by atoms with Crippen molar-refractivity contribution >= 4 is 0 Å². The summed E-state index contributed by atoms with van der Waals surface area (Å²) in [6, 6.07) is 8.10. The Bertz CT molecular complexity index is 341. The lowest BCUT2D eigenvalue weighted by Gasteiger charge is -2.33. The van der Waals surface area contributed by atoms with Gasteiger partial charge >= 0.3 is 0 Å². The summed E-state index contributed by atoms with van der Waals surface area (Å²) < 4.78 is 5.21. The van der Waals surface area contributed by atoms with Gasteiger partial charge in [0.05, 0.1) is 6.61 Å². The zero-order valence-electron chi connectivity index (χ0n) is 11.2. The lowest BCUT2D eigenvalue weighted by molar-refractivity contribution is 0.0782. The Labute approximate surface area is 104 Å². The number of methoxy groups -OCH3 is 1. The predicted molar refractivity (Wildman–Crippen MR) is 70.2 cm³/mol. The highest BCUT2D eigenvalue weighted by atomic mass is 16.5. The Hall–Kier alpha value is -1.06. The Morgan fingerprint density at radius 1 is 1.35 bits per heavy atom. The fourth-order valence-electron chi connectivity index (χ4n) is 2.28. The van der Waals surface area contributed by atoms with Gasteiger partial charge in [-0.2, -0.15) is 0 Å². The number of aromatic hydroxyl groups is 1. The molecule has 0 saturated carbocycles. The molecule has 1 aromatic rings. The first-order chi connectivity index (χ1) is 8.10. The summed E-state index contributed by atoms with van der Waals surface area (Å²) in [5.41, 5.74) is 1.13. The van der Waals surface area contributed by atoms with E-state index in [1.165, 1.54) is 0 Å². The monoisotopic (exact) mass is 237 g/mol. The van der Waals surface area contributed by atoms with Crippen LogP contribution in [0.5, 0.6) is 5.75 Å². The quantitative estimate of drug-likeness (QED) is 0.825. The highest BCUT2D eigenvalue weighted by molar-refractivity contribution is 5.29. The van der Waals surface area contributed by atoms with Gasteiger partial charge in [0.25, 0.3) is 0 Å². The van der Waals surface area contributed by atoms with Crippen molar-refractivity contribution in [3.8, 4) is 5.75 Å². The smallest absolute Gasteiger partial charge is 0.115 e. The minimum Gasteiger partial charge on any atom is -0.508 e. The van der Waals surface area contributed by atoms with E-state index in [0.717, 1.165) is 18.7 Å². The highest BCUT2D eigenvalue weighted by Crippen LogP contribution is 2.24. The van der Waals surface area contributed by atoms with Gasteiger partial charge in [-0.15, -0.1) is 0 Å². The molecule has 1 N–H and O–H groups in total. The molecule has 1 aromatic carbocycles. The number of phenols is 1. The Morgan fingerprint density at radius 3 is 2.59 bits per heavy atom. The first-order valence-electron chi connectivity index (χ1n) is 6.13. The zero-order valence-corrected chi connectivity index (χ0v) is 11.2. The van der Waals surface area contributed by atoms with Gasteiger partial charge in [0.1, 0.15) is 5.75 Å². The molecular weight excluding hydrogens is 214 g/mol. The number of hydrogen-bond donors (Lipinski definition) is 1. The van der Waals surface area contributed by atoms with E-state index in [-0.39, 0.29) is 6.04 Å². The highest BCUT2D eigenvalue weighted by Gasteiger charge is 2.19. The maximum Gasteiger partial charge on any atom is 0.115 e. The molecule has 0 bridgehead atoms. The van der Waals surface area contributed by atoms with E-state index in [0.29, 0.717) is 11.8 Å². The lowest BCUT2D eigenvalue weighted by atomic mass is 10.0. The first-order valence-corrected chi connectivity index (χ1v) is 6.13. The third kappa shape index (κ3) is 3.72. The fourth-order valence-corrected chi connectivity index (χ4v) is 2.28. The van der Waals surface area contributed by atoms with Gasteiger partial charge < -0.3 is 9.84 Å². The standard InChI is InChI=1S/C14H23NO2/c1-5-15(11(2)10-17-4)12(3)13-7-6-8-14(16)9-13/h6-9,11-12,16H,5,10H2,1-4H3. The van der Waals surface area contributed by atoms with Gasteiger partial charge in [-0.25, -0.2) is 0 Å². The maximum absolute atomic E-state index is 9.52. The number of likely N-dealkylation sites (N-methyl/N-ethyl adjacent to an activating group) is 1. The Kier molecular flexibility index (Phi) is 5.45. The summed E-state index contributed by atoms with van der Waals surface area (Å²) >= 11 is 0. The molecule has 0 amide bonds. The Morgan fingerprint density at radius 2 is 2.06 bits per heavy atom. The Balaban J connectivity index is 2.81. The van der Waals surface area contributed by atoms with Crippen LogP contribution in [-0.4, -0.2) is 36.3 Å². The molecule has 0 fully saturated rings. The van der Waals surface area contributed by atoms with Crippen LogP contribution in [0.3, 0.4) is 0 Å². The van der Waals surface area contributed by atoms with E-state index in [1.54, 1.807) is 13.2 Å². The molecule has 0 heterocycles. The summed E-state index contributed by atoms with van der Waals surface area (Å²) in [5.74, 6) is 0.324. The van der Waals surface area contributed by atoms with E-state index in [9.17, 15) is 5.11 Å². The van der Waals surface area contributed by atoms with Crippen molar-refractivity contribution in [1.82, 2.24) is 4.90 Å². The van der Waals surface area contributed by atoms with Crippen LogP contribution in [0.15, 0.2) is 24.3 Å². The number of nitrogens with zero attached hydrogens (tertiary/aromatic N) is 1. The predicted octanol–water partition coefficient (Wildman–Crippen LogP) is 2.81. The molecule has 0 spiro atoms. The van der Waals surface area contributed by atoms with Crippen molar-refractivity contribution in [2.75, 3.05) is 20.3 Å². The third-order valence-corrected chi connectivity index (χ3v) is 3.19. The normalized spacial score (nSPS) is 14.9. The molecule has 0 aromatic heterocycles. The molecule has 0 aliphatic rings. The van der Waals surface area contributed by atoms with Crippen molar-refractivity contribution in [3.63, 3.8) is 0 Å². The van der Waals surface area contributed by atoms with Crippen molar-refractivity contribution in [3.05, 3.63) is 29.8 Å². The molecule has 0 aliphatic carbocycles. The molecule has 2 atom stereocenters. The molecule has 3 nitrogen and oxygen atoms in total. The summed E-state index contributed by atoms with van der Waals surface area (Å²) in [7, 11) is 1.73. The second-order valence-electron chi connectivity index (χ2n) is 4.41. The molecule has 0 radical (unpaired) electrons. The summed E-state index contributed by atoms with van der Waals surface area (Å²) in [6.07, 6.45) is 0. The second-order valence-corrected chi connectivity index (χ2v) is 4.41. The first kappa shape index (κ1) is 14.0. The van der Waals surface area contributed by atoms with Crippen molar-refractivity contribution < 1.29 is 9.84 Å². The largest absolute Gasteiger partial charge is 0.508 e. The van der Waals surface area contributed by atoms with Crippen LogP contribution in [0.2, 0.25) is 0 Å². The van der Waals surface area contributed by atoms with Gasteiger partial charge in [0, 0.05) is 19.2 Å². The molecule has 1 rings (SSSR count). The van der Waals surface area contributed by atoms with Gasteiger partial charge in [-0.3, -0.25) is 4.90 Å². The van der Waals surface area contributed by atoms with Crippen LogP contribution >= 0.6 is 0 Å². The molecule has 3 heteroatoms. The molecule has 0 aliphatic heterocycles. The summed E-state index contributed by atoms with van der Waals surface area (Å²) in [6.45, 7) is 8.14. The van der Waals surface area contributed by atoms with E-state index < -0.39 is 0 Å². The number of phenolic OH excluding ortho intramolecular Hbond substituents is 1. The molecule has 2 unspecified atom stereocenters. The topological polar surface area (TPSA) is 32.7 Å². The molecular formula is C14H23NO2. The van der Waals surface area contributed by atoms with Crippen LogP contribution in [0.4, 0.5) is 0 Å². The van der Waals surface area contributed by atoms with Crippen LogP contribution in [-0.2, 0) is 4.74 Å².